The summed E-state index contributed by atoms with van der Waals surface area (Å²) in [6.07, 6.45) is 2.08. The van der Waals surface area contributed by atoms with Gasteiger partial charge in [-0.05, 0) is 53.7 Å². The van der Waals surface area contributed by atoms with Crippen molar-refractivity contribution in [2.45, 2.75) is 6.92 Å². The van der Waals surface area contributed by atoms with Crippen molar-refractivity contribution in [1.29, 1.82) is 0 Å². The molecule has 0 N–H and O–H groups in total. The number of allylic oxidation sites excluding steroid dienone is 1. The maximum Gasteiger partial charge on any atom is 0.236 e. The quantitative estimate of drug-likeness (QED) is 0.442. The molecule has 1 unspecified atom stereocenters. The van der Waals surface area contributed by atoms with Gasteiger partial charge < -0.3 is 0 Å². The predicted octanol–water partition coefficient (Wildman–Crippen LogP) is 6.81. The number of anilines is 1. The fourth-order valence-corrected chi connectivity index (χ4v) is 6.01. The SMILES string of the molecule is Cc1ccc(N2C(c3ccccc3)=CC(c3ccccc3)=NP2(=S)Cl)cc1. The van der Waals surface area contributed by atoms with Crippen molar-refractivity contribution in [1.82, 2.24) is 0 Å². The van der Waals surface area contributed by atoms with Crippen LogP contribution >= 0.6 is 16.9 Å². The van der Waals surface area contributed by atoms with Gasteiger partial charge in [-0.2, -0.15) is 0 Å². The highest BCUT2D eigenvalue weighted by Gasteiger charge is 2.32. The van der Waals surface area contributed by atoms with Gasteiger partial charge in [-0.3, -0.25) is 4.67 Å². The number of halogens is 1. The van der Waals surface area contributed by atoms with E-state index in [0.717, 1.165) is 28.2 Å². The first-order chi connectivity index (χ1) is 13.0. The largest absolute Gasteiger partial charge is 0.283 e. The molecule has 0 fully saturated rings. The second kappa shape index (κ2) is 7.44. The van der Waals surface area contributed by atoms with E-state index in [-0.39, 0.29) is 0 Å². The predicted molar refractivity (Wildman–Crippen MR) is 121 cm³/mol. The lowest BCUT2D eigenvalue weighted by molar-refractivity contribution is 1.37. The first-order valence-corrected chi connectivity index (χ1v) is 12.3. The van der Waals surface area contributed by atoms with E-state index in [4.69, 9.17) is 27.8 Å². The third kappa shape index (κ3) is 3.77. The van der Waals surface area contributed by atoms with Crippen molar-refractivity contribution in [2.75, 3.05) is 4.67 Å². The third-order valence-corrected chi connectivity index (χ3v) is 7.21. The van der Waals surface area contributed by atoms with Crippen LogP contribution in [-0.2, 0) is 11.8 Å². The summed E-state index contributed by atoms with van der Waals surface area (Å²) in [5.74, 6) is 0. The number of aryl methyl sites for hydroxylation is 1. The number of hydrogen-bond acceptors (Lipinski definition) is 1. The van der Waals surface area contributed by atoms with Crippen LogP contribution in [0.2, 0.25) is 0 Å². The van der Waals surface area contributed by atoms with Gasteiger partial charge in [0, 0.05) is 11.3 Å². The number of rotatable bonds is 3. The summed E-state index contributed by atoms with van der Waals surface area (Å²) < 4.78 is 6.82. The first-order valence-electron chi connectivity index (χ1n) is 8.64. The summed E-state index contributed by atoms with van der Waals surface area (Å²) in [6, 6.07) is 28.5. The molecule has 0 aliphatic carbocycles. The summed E-state index contributed by atoms with van der Waals surface area (Å²) in [4.78, 5) is 0. The van der Waals surface area contributed by atoms with Gasteiger partial charge in [0.1, 0.15) is 0 Å². The number of hydrogen-bond donors (Lipinski definition) is 0. The minimum atomic E-state index is -2.72. The van der Waals surface area contributed by atoms with Crippen LogP contribution in [0.5, 0.6) is 0 Å². The van der Waals surface area contributed by atoms with E-state index in [1.54, 1.807) is 0 Å². The van der Waals surface area contributed by atoms with Crippen molar-refractivity contribution < 1.29 is 0 Å². The average molecular weight is 409 g/mol. The molecule has 1 heterocycles. The molecule has 0 saturated carbocycles. The maximum absolute atomic E-state index is 6.93. The van der Waals surface area contributed by atoms with Gasteiger partial charge in [-0.1, -0.05) is 78.4 Å². The van der Waals surface area contributed by atoms with Crippen LogP contribution in [0.1, 0.15) is 16.7 Å². The lowest BCUT2D eigenvalue weighted by Crippen LogP contribution is -2.20. The zero-order chi connectivity index (χ0) is 18.9. The fourth-order valence-electron chi connectivity index (χ4n) is 3.06. The highest BCUT2D eigenvalue weighted by Crippen LogP contribution is 2.63. The molecule has 0 saturated heterocycles. The number of nitrogens with zero attached hydrogens (tertiary/aromatic N) is 2. The molecule has 0 bridgehead atoms. The molecule has 4 rings (SSSR count). The molecule has 0 aromatic heterocycles. The zero-order valence-electron chi connectivity index (χ0n) is 14.8. The van der Waals surface area contributed by atoms with Gasteiger partial charge >= 0.3 is 0 Å². The Balaban J connectivity index is 1.91. The van der Waals surface area contributed by atoms with Crippen molar-refractivity contribution in [3.05, 3.63) is 108 Å². The van der Waals surface area contributed by atoms with Crippen molar-refractivity contribution >= 4 is 45.8 Å². The second-order valence-electron chi connectivity index (χ2n) is 6.37. The molecule has 3 aromatic carbocycles. The molecule has 27 heavy (non-hydrogen) atoms. The van der Waals surface area contributed by atoms with E-state index in [1.807, 2.05) is 53.2 Å². The van der Waals surface area contributed by atoms with Crippen LogP contribution in [0.15, 0.2) is 95.8 Å². The van der Waals surface area contributed by atoms with Crippen LogP contribution in [-0.4, -0.2) is 5.71 Å². The fraction of sp³-hybridized carbons (Fsp3) is 0.0455. The molecule has 0 amide bonds. The molecule has 3 aromatic rings. The Morgan fingerprint density at radius 2 is 1.37 bits per heavy atom. The monoisotopic (exact) mass is 408 g/mol. The van der Waals surface area contributed by atoms with Crippen LogP contribution in [0.4, 0.5) is 5.69 Å². The van der Waals surface area contributed by atoms with Crippen molar-refractivity contribution in [3.8, 4) is 0 Å². The minimum absolute atomic E-state index is 0.830. The van der Waals surface area contributed by atoms with Gasteiger partial charge in [0.25, 0.3) is 0 Å². The van der Waals surface area contributed by atoms with Crippen molar-refractivity contribution in [2.24, 2.45) is 4.76 Å². The normalized spacial score (nSPS) is 19.4. The Labute approximate surface area is 169 Å². The molecular weight excluding hydrogens is 391 g/mol. The molecule has 1 aliphatic rings. The molecule has 1 atom stereocenters. The molecule has 0 spiro atoms. The van der Waals surface area contributed by atoms with Gasteiger partial charge in [0.05, 0.1) is 11.4 Å². The van der Waals surface area contributed by atoms with E-state index >= 15 is 0 Å². The molecular formula is C22H18ClN2PS. The third-order valence-electron chi connectivity index (χ3n) is 4.40. The Bertz CT molecular complexity index is 1060. The lowest BCUT2D eigenvalue weighted by Gasteiger charge is -2.35. The summed E-state index contributed by atoms with van der Waals surface area (Å²) >= 11 is 12.8. The summed E-state index contributed by atoms with van der Waals surface area (Å²) in [5.41, 5.74) is 3.33. The molecule has 1 aliphatic heterocycles. The van der Waals surface area contributed by atoms with Crippen LogP contribution in [0.25, 0.3) is 5.70 Å². The Hall–Kier alpha value is -2.19. The van der Waals surface area contributed by atoms with Crippen molar-refractivity contribution in [3.63, 3.8) is 0 Å². The highest BCUT2D eigenvalue weighted by molar-refractivity contribution is 8.27. The summed E-state index contributed by atoms with van der Waals surface area (Å²) in [6.45, 7) is 2.07. The van der Waals surface area contributed by atoms with Crippen LogP contribution in [0, 0.1) is 6.92 Å². The Morgan fingerprint density at radius 1 is 0.815 bits per heavy atom. The summed E-state index contributed by atoms with van der Waals surface area (Å²) in [5, 5.41) is 0. The van der Waals surface area contributed by atoms with Crippen LogP contribution < -0.4 is 4.67 Å². The molecule has 134 valence electrons. The zero-order valence-corrected chi connectivity index (χ0v) is 17.3. The molecule has 2 nitrogen and oxygen atoms in total. The van der Waals surface area contributed by atoms with E-state index in [2.05, 4.69) is 49.4 Å². The van der Waals surface area contributed by atoms with Crippen LogP contribution in [0.3, 0.4) is 0 Å². The molecule has 5 heteroatoms. The smallest absolute Gasteiger partial charge is 0.236 e. The van der Waals surface area contributed by atoms with Gasteiger partial charge in [0.15, 0.2) is 0 Å². The first kappa shape index (κ1) is 18.2. The second-order valence-corrected chi connectivity index (χ2v) is 11.5. The van der Waals surface area contributed by atoms with E-state index in [1.165, 1.54) is 5.56 Å². The molecule has 0 radical (unpaired) electrons. The highest BCUT2D eigenvalue weighted by atomic mass is 35.7. The Morgan fingerprint density at radius 3 is 1.96 bits per heavy atom. The van der Waals surface area contributed by atoms with Gasteiger partial charge in [-0.15, -0.1) is 0 Å². The van der Waals surface area contributed by atoms with Gasteiger partial charge in [-0.25, -0.2) is 4.76 Å². The van der Waals surface area contributed by atoms with E-state index in [9.17, 15) is 0 Å². The van der Waals surface area contributed by atoms with Gasteiger partial charge in [0.2, 0.25) is 5.69 Å². The Kier molecular flexibility index (Phi) is 5.01. The maximum atomic E-state index is 6.93. The topological polar surface area (TPSA) is 15.6 Å². The van der Waals surface area contributed by atoms with E-state index in [0.29, 0.717) is 0 Å². The summed E-state index contributed by atoms with van der Waals surface area (Å²) in [7, 11) is 0. The van der Waals surface area contributed by atoms with E-state index < -0.39 is 5.69 Å². The number of benzene rings is 3. The minimum Gasteiger partial charge on any atom is -0.283 e. The lowest BCUT2D eigenvalue weighted by atomic mass is 10.1. The standard InChI is InChI=1S/C22H18ClN2PS/c1-17-12-14-20(15-13-17)25-22(19-10-6-3-7-11-19)16-21(24-26(25,23)27)18-8-4-2-5-9-18/h2-16H,1H3. The average Bonchev–Trinajstić information content (AvgIpc) is 2.69.